The Bertz CT molecular complexity index is 916. The van der Waals surface area contributed by atoms with Gasteiger partial charge in [0.2, 0.25) is 0 Å². The minimum absolute atomic E-state index is 0.0364. The Kier molecular flexibility index (Phi) is 8.17. The second kappa shape index (κ2) is 10.6. The molecule has 0 radical (unpaired) electrons. The van der Waals surface area contributed by atoms with Gasteiger partial charge in [0.15, 0.2) is 6.29 Å². The minimum Gasteiger partial charge on any atom is -0.376 e. The standard InChI is InChI=1S/C22H28O8S/c1-15-9-11-17(12-10-15)31(24,25)29-14-18-19(28-13-16-7-5-4-6-8-16)20(26-2)21(27-3)22(23)30-18/h4-12,18-23H,13-14H2,1-3H3/t18-,19-,20+,21-,22+/m1/s1. The number of benzene rings is 2. The van der Waals surface area contributed by atoms with Gasteiger partial charge in [0.1, 0.15) is 24.4 Å². The number of aliphatic hydroxyl groups is 1. The second-order valence-corrected chi connectivity index (χ2v) is 8.89. The van der Waals surface area contributed by atoms with E-state index in [2.05, 4.69) is 0 Å². The third-order valence-corrected chi connectivity index (χ3v) is 6.43. The maximum absolute atomic E-state index is 12.6. The molecule has 0 unspecified atom stereocenters. The molecule has 0 aromatic heterocycles. The summed E-state index contributed by atoms with van der Waals surface area (Å²) in [6, 6.07) is 15.8. The van der Waals surface area contributed by atoms with Gasteiger partial charge in [0.05, 0.1) is 18.1 Å². The highest BCUT2D eigenvalue weighted by molar-refractivity contribution is 7.86. The Morgan fingerprint density at radius 3 is 2.19 bits per heavy atom. The van der Waals surface area contributed by atoms with Crippen LogP contribution in [0.4, 0.5) is 0 Å². The second-order valence-electron chi connectivity index (χ2n) is 7.28. The van der Waals surface area contributed by atoms with Crippen molar-refractivity contribution in [1.29, 1.82) is 0 Å². The first kappa shape index (κ1) is 23.8. The first-order valence-corrected chi connectivity index (χ1v) is 11.3. The van der Waals surface area contributed by atoms with Crippen LogP contribution in [0.15, 0.2) is 59.5 Å². The van der Waals surface area contributed by atoms with Crippen molar-refractivity contribution in [3.63, 3.8) is 0 Å². The summed E-state index contributed by atoms with van der Waals surface area (Å²) < 4.78 is 52.9. The minimum atomic E-state index is -4.02. The van der Waals surface area contributed by atoms with E-state index < -0.39 is 40.8 Å². The summed E-state index contributed by atoms with van der Waals surface area (Å²) in [5.41, 5.74) is 1.85. The fourth-order valence-corrected chi connectivity index (χ4v) is 4.36. The number of rotatable bonds is 9. The van der Waals surface area contributed by atoms with Gasteiger partial charge in [-0.25, -0.2) is 0 Å². The molecule has 0 bridgehead atoms. The van der Waals surface area contributed by atoms with Crippen molar-refractivity contribution in [2.45, 2.75) is 49.1 Å². The lowest BCUT2D eigenvalue weighted by atomic mass is 9.98. The van der Waals surface area contributed by atoms with Crippen LogP contribution in [-0.2, 0) is 39.9 Å². The summed E-state index contributed by atoms with van der Waals surface area (Å²) in [6.45, 7) is 1.74. The summed E-state index contributed by atoms with van der Waals surface area (Å²) >= 11 is 0. The van der Waals surface area contributed by atoms with Crippen molar-refractivity contribution < 1.29 is 36.7 Å². The van der Waals surface area contributed by atoms with E-state index in [4.69, 9.17) is 23.1 Å². The van der Waals surface area contributed by atoms with E-state index in [9.17, 15) is 13.5 Å². The molecule has 1 fully saturated rings. The Balaban J connectivity index is 1.76. The van der Waals surface area contributed by atoms with Gasteiger partial charge in [0.25, 0.3) is 10.1 Å². The van der Waals surface area contributed by atoms with E-state index in [1.165, 1.54) is 26.4 Å². The lowest BCUT2D eigenvalue weighted by molar-refractivity contribution is -0.303. The predicted molar refractivity (Wildman–Crippen MR) is 112 cm³/mol. The Labute approximate surface area is 182 Å². The number of aliphatic hydroxyl groups excluding tert-OH is 1. The highest BCUT2D eigenvalue weighted by Gasteiger charge is 2.47. The molecule has 9 heteroatoms. The van der Waals surface area contributed by atoms with Crippen LogP contribution in [-0.4, -0.2) is 65.1 Å². The predicted octanol–water partition coefficient (Wildman–Crippen LogP) is 2.03. The van der Waals surface area contributed by atoms with Gasteiger partial charge in [-0.15, -0.1) is 0 Å². The Morgan fingerprint density at radius 2 is 1.58 bits per heavy atom. The molecule has 0 aliphatic carbocycles. The maximum atomic E-state index is 12.6. The van der Waals surface area contributed by atoms with Crippen molar-refractivity contribution in [2.75, 3.05) is 20.8 Å². The molecule has 2 aromatic carbocycles. The molecular formula is C22H28O8S. The SMILES string of the molecule is CO[C@@H]1[C@@H](OC)[C@@H](O)O[C@H](COS(=O)(=O)c2ccc(C)cc2)[C@H]1OCc1ccccc1. The summed E-state index contributed by atoms with van der Waals surface area (Å²) in [5, 5.41) is 10.3. The van der Waals surface area contributed by atoms with Crippen LogP contribution in [0.5, 0.6) is 0 Å². The van der Waals surface area contributed by atoms with Gasteiger partial charge in [-0.1, -0.05) is 48.0 Å². The van der Waals surface area contributed by atoms with Gasteiger partial charge < -0.3 is 24.1 Å². The van der Waals surface area contributed by atoms with Gasteiger partial charge in [-0.3, -0.25) is 4.18 Å². The molecule has 3 rings (SSSR count). The van der Waals surface area contributed by atoms with Crippen molar-refractivity contribution in [3.05, 3.63) is 65.7 Å². The molecule has 1 heterocycles. The van der Waals surface area contributed by atoms with E-state index in [1.54, 1.807) is 12.1 Å². The molecule has 170 valence electrons. The van der Waals surface area contributed by atoms with Crippen LogP contribution in [0.25, 0.3) is 0 Å². The van der Waals surface area contributed by atoms with Gasteiger partial charge >= 0.3 is 0 Å². The van der Waals surface area contributed by atoms with Gasteiger partial charge in [-0.2, -0.15) is 8.42 Å². The Morgan fingerprint density at radius 1 is 0.935 bits per heavy atom. The van der Waals surface area contributed by atoms with Crippen LogP contribution in [0, 0.1) is 6.92 Å². The zero-order valence-electron chi connectivity index (χ0n) is 17.7. The average Bonchev–Trinajstić information content (AvgIpc) is 2.77. The van der Waals surface area contributed by atoms with Crippen LogP contribution < -0.4 is 0 Å². The first-order valence-electron chi connectivity index (χ1n) is 9.86. The smallest absolute Gasteiger partial charge is 0.297 e. The van der Waals surface area contributed by atoms with E-state index >= 15 is 0 Å². The number of methoxy groups -OCH3 is 2. The zero-order chi connectivity index (χ0) is 22.4. The largest absolute Gasteiger partial charge is 0.376 e. The Hall–Kier alpha value is -1.85. The summed E-state index contributed by atoms with van der Waals surface area (Å²) in [4.78, 5) is 0.0364. The monoisotopic (exact) mass is 452 g/mol. The normalized spacial score (nSPS) is 26.6. The highest BCUT2D eigenvalue weighted by atomic mass is 32.2. The first-order chi connectivity index (χ1) is 14.9. The summed E-state index contributed by atoms with van der Waals surface area (Å²) in [6.07, 6.45) is -4.49. The van der Waals surface area contributed by atoms with Crippen LogP contribution in [0.3, 0.4) is 0 Å². The van der Waals surface area contributed by atoms with E-state index in [0.717, 1.165) is 11.1 Å². The average molecular weight is 453 g/mol. The van der Waals surface area contributed by atoms with Crippen LogP contribution in [0.1, 0.15) is 11.1 Å². The van der Waals surface area contributed by atoms with E-state index in [0.29, 0.717) is 0 Å². The molecule has 1 N–H and O–H groups in total. The topological polar surface area (TPSA) is 101 Å². The van der Waals surface area contributed by atoms with Crippen molar-refractivity contribution in [1.82, 2.24) is 0 Å². The van der Waals surface area contributed by atoms with E-state index in [1.807, 2.05) is 37.3 Å². The zero-order valence-corrected chi connectivity index (χ0v) is 18.5. The molecule has 8 nitrogen and oxygen atoms in total. The molecule has 1 aliphatic heterocycles. The molecule has 1 aliphatic rings. The highest BCUT2D eigenvalue weighted by Crippen LogP contribution is 2.28. The molecule has 1 saturated heterocycles. The summed E-state index contributed by atoms with van der Waals surface area (Å²) in [5.74, 6) is 0. The molecule has 31 heavy (non-hydrogen) atoms. The quantitative estimate of drug-likeness (QED) is 0.577. The van der Waals surface area contributed by atoms with Gasteiger partial charge in [0, 0.05) is 14.2 Å². The third-order valence-electron chi connectivity index (χ3n) is 5.14. The summed E-state index contributed by atoms with van der Waals surface area (Å²) in [7, 11) is -1.12. The van der Waals surface area contributed by atoms with Crippen LogP contribution in [0.2, 0.25) is 0 Å². The fraction of sp³-hybridized carbons (Fsp3) is 0.455. The molecule has 0 amide bonds. The number of ether oxygens (including phenoxy) is 4. The van der Waals surface area contributed by atoms with Gasteiger partial charge in [-0.05, 0) is 24.6 Å². The third kappa shape index (κ3) is 5.89. The number of hydrogen-bond donors (Lipinski definition) is 1. The maximum Gasteiger partial charge on any atom is 0.297 e. The number of aryl methyl sites for hydroxylation is 1. The molecule has 0 saturated carbocycles. The van der Waals surface area contributed by atoms with Crippen molar-refractivity contribution >= 4 is 10.1 Å². The van der Waals surface area contributed by atoms with E-state index in [-0.39, 0.29) is 18.1 Å². The lowest BCUT2D eigenvalue weighted by Crippen LogP contribution is -2.60. The van der Waals surface area contributed by atoms with Crippen LogP contribution >= 0.6 is 0 Å². The van der Waals surface area contributed by atoms with Crippen molar-refractivity contribution in [3.8, 4) is 0 Å². The molecular weight excluding hydrogens is 424 g/mol. The fourth-order valence-electron chi connectivity index (χ4n) is 3.45. The molecule has 0 spiro atoms. The molecule has 5 atom stereocenters. The molecule has 2 aromatic rings. The van der Waals surface area contributed by atoms with Crippen molar-refractivity contribution in [2.24, 2.45) is 0 Å². The lowest BCUT2D eigenvalue weighted by Gasteiger charge is -2.43. The number of hydrogen-bond acceptors (Lipinski definition) is 8.